The van der Waals surface area contributed by atoms with Crippen LogP contribution in [0.5, 0.6) is 0 Å². The van der Waals surface area contributed by atoms with E-state index >= 15 is 0 Å². The summed E-state index contributed by atoms with van der Waals surface area (Å²) in [7, 11) is 0. The van der Waals surface area contributed by atoms with Crippen LogP contribution in [0.4, 0.5) is 0 Å². The van der Waals surface area contributed by atoms with E-state index in [1.54, 1.807) is 0 Å². The molecule has 2 nitrogen and oxygen atoms in total. The van der Waals surface area contributed by atoms with Crippen molar-refractivity contribution in [1.29, 1.82) is 0 Å². The predicted octanol–water partition coefficient (Wildman–Crippen LogP) is 7.25. The van der Waals surface area contributed by atoms with Crippen LogP contribution in [0.25, 0.3) is 12.2 Å². The van der Waals surface area contributed by atoms with Crippen LogP contribution >= 0.6 is 43.6 Å². The van der Waals surface area contributed by atoms with E-state index in [2.05, 4.69) is 92.6 Å². The fraction of sp³-hybridized carbons (Fsp3) is 0.0909. The average molecular weight is 500 g/mol. The molecule has 132 valence electrons. The lowest BCUT2D eigenvalue weighted by molar-refractivity contribution is 0.195. The summed E-state index contributed by atoms with van der Waals surface area (Å²) in [4.78, 5) is 2.51. The Morgan fingerprint density at radius 1 is 0.667 bits per heavy atom. The van der Waals surface area contributed by atoms with E-state index in [-0.39, 0.29) is 12.2 Å². The Labute approximate surface area is 177 Å². The third-order valence-electron chi connectivity index (χ3n) is 5.23. The smallest absolute Gasteiger partial charge is 0.164 e. The molecule has 0 amide bonds. The number of hydrogen-bond donors (Lipinski definition) is 0. The van der Waals surface area contributed by atoms with Gasteiger partial charge in [-0.2, -0.15) is 0 Å². The lowest BCUT2D eigenvalue weighted by Gasteiger charge is -2.15. The average Bonchev–Trinajstić information content (AvgIpc) is 3.35. The summed E-state index contributed by atoms with van der Waals surface area (Å²) in [5.74, 6) is 0. The number of halogens is 2. The second-order valence-corrected chi connectivity index (χ2v) is 9.45. The number of fused-ring (bicyclic) bond motifs is 6. The van der Waals surface area contributed by atoms with Gasteiger partial charge in [-0.3, -0.25) is 0 Å². The minimum absolute atomic E-state index is 0.0220. The van der Waals surface area contributed by atoms with Crippen LogP contribution in [-0.2, 0) is 9.47 Å². The first-order valence-corrected chi connectivity index (χ1v) is 11.0. The first-order chi connectivity index (χ1) is 13.2. The number of hydrogen-bond acceptors (Lipinski definition) is 3. The van der Waals surface area contributed by atoms with Crippen molar-refractivity contribution < 1.29 is 9.47 Å². The number of ether oxygens (including phenoxy) is 2. The molecular weight excluding hydrogens is 488 g/mol. The summed E-state index contributed by atoms with van der Waals surface area (Å²) in [5, 5.41) is 0. The van der Waals surface area contributed by atoms with Gasteiger partial charge in [0.2, 0.25) is 0 Å². The molecule has 0 radical (unpaired) electrons. The van der Waals surface area contributed by atoms with Crippen molar-refractivity contribution in [1.82, 2.24) is 0 Å². The molecule has 6 rings (SSSR count). The van der Waals surface area contributed by atoms with Crippen molar-refractivity contribution in [2.24, 2.45) is 0 Å². The van der Waals surface area contributed by atoms with Crippen molar-refractivity contribution in [3.8, 4) is 0 Å². The Hall–Kier alpha value is -1.69. The van der Waals surface area contributed by atoms with Crippen molar-refractivity contribution in [2.75, 3.05) is 0 Å². The zero-order valence-corrected chi connectivity index (χ0v) is 17.9. The maximum absolute atomic E-state index is 5.91. The number of rotatable bonds is 2. The minimum Gasteiger partial charge on any atom is -0.474 e. The van der Waals surface area contributed by atoms with Gasteiger partial charge in [-0.05, 0) is 79.4 Å². The zero-order valence-electron chi connectivity index (χ0n) is 13.9. The molecule has 0 aromatic heterocycles. The monoisotopic (exact) mass is 498 g/mol. The molecule has 0 fully saturated rings. The molecule has 0 saturated heterocycles. The normalized spacial score (nSPS) is 23.3. The van der Waals surface area contributed by atoms with E-state index in [4.69, 9.17) is 9.47 Å². The molecule has 2 aromatic rings. The zero-order chi connectivity index (χ0) is 18.1. The fourth-order valence-electron chi connectivity index (χ4n) is 4.08. The van der Waals surface area contributed by atoms with Gasteiger partial charge in [-0.25, -0.2) is 0 Å². The van der Waals surface area contributed by atoms with Crippen LogP contribution in [0, 0.1) is 0 Å². The van der Waals surface area contributed by atoms with E-state index in [9.17, 15) is 0 Å². The quantitative estimate of drug-likeness (QED) is 0.433. The highest BCUT2D eigenvalue weighted by atomic mass is 79.9. The van der Waals surface area contributed by atoms with Crippen molar-refractivity contribution in [3.05, 3.63) is 91.3 Å². The molecule has 2 aliphatic carbocycles. The molecule has 2 unspecified atom stereocenters. The van der Waals surface area contributed by atoms with E-state index in [1.807, 2.05) is 11.8 Å². The fourth-order valence-corrected chi connectivity index (χ4v) is 6.09. The maximum atomic E-state index is 5.91. The van der Waals surface area contributed by atoms with Crippen LogP contribution in [0.3, 0.4) is 0 Å². The molecule has 2 atom stereocenters. The van der Waals surface area contributed by atoms with Crippen molar-refractivity contribution >= 4 is 55.8 Å². The summed E-state index contributed by atoms with van der Waals surface area (Å²) in [6, 6.07) is 12.9. The second kappa shape index (κ2) is 5.90. The molecule has 2 aromatic carbocycles. The first kappa shape index (κ1) is 16.3. The van der Waals surface area contributed by atoms with Gasteiger partial charge in [-0.15, -0.1) is 0 Å². The van der Waals surface area contributed by atoms with Crippen molar-refractivity contribution in [3.63, 3.8) is 0 Å². The molecule has 0 spiro atoms. The van der Waals surface area contributed by atoms with Gasteiger partial charge < -0.3 is 9.47 Å². The van der Waals surface area contributed by atoms with Crippen LogP contribution in [0.1, 0.15) is 34.5 Å². The van der Waals surface area contributed by atoms with Crippen LogP contribution in [-0.4, -0.2) is 0 Å². The summed E-state index contributed by atoms with van der Waals surface area (Å²) in [5.41, 5.74) is 7.42. The molecule has 4 aliphatic rings. The Kier molecular flexibility index (Phi) is 3.56. The van der Waals surface area contributed by atoms with Crippen LogP contribution in [0.2, 0.25) is 0 Å². The van der Waals surface area contributed by atoms with E-state index < -0.39 is 0 Å². The highest BCUT2D eigenvalue weighted by Gasteiger charge is 2.34. The SMILES string of the molecule is BrC1=CC2=Cc3c(Sc4cccc5c4C=C4C=C(Br)OC45)cccc3C2O1. The molecule has 27 heavy (non-hydrogen) atoms. The molecule has 2 heterocycles. The van der Waals surface area contributed by atoms with E-state index in [1.165, 1.54) is 43.2 Å². The Morgan fingerprint density at radius 3 is 1.63 bits per heavy atom. The van der Waals surface area contributed by atoms with Gasteiger partial charge in [0.15, 0.2) is 21.5 Å². The molecule has 2 aliphatic heterocycles. The topological polar surface area (TPSA) is 18.5 Å². The first-order valence-electron chi connectivity index (χ1n) is 8.62. The molecule has 0 bridgehead atoms. The summed E-state index contributed by atoms with van der Waals surface area (Å²) in [6.45, 7) is 0. The third kappa shape index (κ3) is 2.45. The lowest BCUT2D eigenvalue weighted by Crippen LogP contribution is -1.97. The Morgan fingerprint density at radius 2 is 1.15 bits per heavy atom. The largest absolute Gasteiger partial charge is 0.474 e. The minimum atomic E-state index is 0.0220. The van der Waals surface area contributed by atoms with Crippen LogP contribution in [0.15, 0.2) is 78.8 Å². The highest BCUT2D eigenvalue weighted by molar-refractivity contribution is 9.11. The van der Waals surface area contributed by atoms with Gasteiger partial charge in [0.25, 0.3) is 0 Å². The third-order valence-corrected chi connectivity index (χ3v) is 7.22. The number of benzene rings is 2. The predicted molar refractivity (Wildman–Crippen MR) is 115 cm³/mol. The van der Waals surface area contributed by atoms with E-state index in [0.29, 0.717) is 0 Å². The van der Waals surface area contributed by atoms with Gasteiger partial charge >= 0.3 is 0 Å². The Balaban J connectivity index is 1.41. The molecule has 0 saturated carbocycles. The highest BCUT2D eigenvalue weighted by Crippen LogP contribution is 2.51. The maximum Gasteiger partial charge on any atom is 0.164 e. The standard InChI is InChI=1S/C22H12Br2O2S/c23-19-9-11-7-15-13(21(11)25-19)3-1-5-17(15)27-18-6-2-4-14-16(18)8-12-10-20(24)26-22(12)14/h1-10,21-22H. The second-order valence-electron chi connectivity index (χ2n) is 6.80. The summed E-state index contributed by atoms with van der Waals surface area (Å²) >= 11 is 8.70. The summed E-state index contributed by atoms with van der Waals surface area (Å²) in [6.07, 6.45) is 8.66. The summed E-state index contributed by atoms with van der Waals surface area (Å²) < 4.78 is 13.4. The molecule has 0 N–H and O–H groups in total. The van der Waals surface area contributed by atoms with Gasteiger partial charge in [0, 0.05) is 32.1 Å². The van der Waals surface area contributed by atoms with Crippen LogP contribution < -0.4 is 0 Å². The van der Waals surface area contributed by atoms with Gasteiger partial charge in [-0.1, -0.05) is 36.0 Å². The van der Waals surface area contributed by atoms with Crippen molar-refractivity contribution in [2.45, 2.75) is 22.0 Å². The lowest BCUT2D eigenvalue weighted by atomic mass is 10.1. The molecular formula is C22H12Br2O2S. The van der Waals surface area contributed by atoms with Gasteiger partial charge in [0.1, 0.15) is 0 Å². The van der Waals surface area contributed by atoms with Gasteiger partial charge in [0.05, 0.1) is 0 Å². The van der Waals surface area contributed by atoms with E-state index in [0.717, 1.165) is 9.34 Å². The Bertz CT molecular complexity index is 1050. The molecule has 5 heteroatoms.